The van der Waals surface area contributed by atoms with E-state index in [2.05, 4.69) is 17.1 Å². The quantitative estimate of drug-likeness (QED) is 0.865. The molecule has 1 saturated carbocycles. The van der Waals surface area contributed by atoms with E-state index in [9.17, 15) is 4.79 Å². The molecular weight excluding hydrogens is 324 g/mol. The molecule has 1 spiro atoms. The number of hydrogen-bond acceptors (Lipinski definition) is 3. The Kier molecular flexibility index (Phi) is 5.36. The zero-order valence-corrected chi connectivity index (χ0v) is 15.4. The normalized spacial score (nSPS) is 26.9. The van der Waals surface area contributed by atoms with Crippen LogP contribution in [0.4, 0.5) is 5.69 Å². The highest BCUT2D eigenvalue weighted by Gasteiger charge is 2.42. The molecule has 2 atom stereocenters. The van der Waals surface area contributed by atoms with Crippen LogP contribution in [0.25, 0.3) is 0 Å². The minimum atomic E-state index is 0.0105. The molecule has 5 heteroatoms. The topological polar surface area (TPSA) is 41.6 Å². The zero-order chi connectivity index (χ0) is 17.2. The smallest absolute Gasteiger partial charge is 0.225 e. The van der Waals surface area contributed by atoms with Crippen molar-refractivity contribution in [3.63, 3.8) is 0 Å². The van der Waals surface area contributed by atoms with Crippen molar-refractivity contribution in [2.24, 2.45) is 11.3 Å². The maximum absolute atomic E-state index is 12.3. The third kappa shape index (κ3) is 4.04. The number of nitrogens with one attached hydrogen (secondary N) is 1. The molecule has 0 radical (unpaired) electrons. The van der Waals surface area contributed by atoms with Crippen molar-refractivity contribution in [1.82, 2.24) is 4.90 Å². The minimum Gasteiger partial charge on any atom is -0.495 e. The second-order valence-electron chi connectivity index (χ2n) is 7.52. The number of ether oxygens (including phenoxy) is 1. The van der Waals surface area contributed by atoms with Gasteiger partial charge in [-0.25, -0.2) is 0 Å². The number of hydrogen-bond donors (Lipinski definition) is 1. The first-order chi connectivity index (χ1) is 11.5. The molecule has 1 N–H and O–H groups in total. The molecule has 2 fully saturated rings. The number of amides is 1. The Morgan fingerprint density at radius 2 is 2.29 bits per heavy atom. The number of carbonyl (C=O) groups excluding carboxylic acids is 1. The van der Waals surface area contributed by atoms with Gasteiger partial charge in [-0.05, 0) is 55.3 Å². The Bertz CT molecular complexity index is 607. The average molecular weight is 351 g/mol. The van der Waals surface area contributed by atoms with Gasteiger partial charge in [-0.2, -0.15) is 0 Å². The summed E-state index contributed by atoms with van der Waals surface area (Å²) in [5.41, 5.74) is 1.17. The van der Waals surface area contributed by atoms with E-state index in [4.69, 9.17) is 16.3 Å². The monoisotopic (exact) mass is 350 g/mol. The molecule has 1 aromatic rings. The second-order valence-corrected chi connectivity index (χ2v) is 7.95. The lowest BCUT2D eigenvalue weighted by atomic mass is 9.85. The molecule has 1 heterocycles. The molecule has 1 saturated heterocycles. The maximum Gasteiger partial charge on any atom is 0.225 e. The maximum atomic E-state index is 12.3. The zero-order valence-electron chi connectivity index (χ0n) is 14.6. The fraction of sp³-hybridized carbons (Fsp3) is 0.632. The molecule has 1 aliphatic heterocycles. The average Bonchev–Trinajstić information content (AvgIpc) is 3.12. The molecule has 1 aromatic carbocycles. The van der Waals surface area contributed by atoms with Crippen LogP contribution in [0.3, 0.4) is 0 Å². The van der Waals surface area contributed by atoms with Gasteiger partial charge in [0.1, 0.15) is 5.75 Å². The number of nitrogens with zero attached hydrogens (tertiary/aromatic N) is 1. The van der Waals surface area contributed by atoms with Gasteiger partial charge in [-0.15, -0.1) is 0 Å². The largest absolute Gasteiger partial charge is 0.495 e. The molecular formula is C19H27ClN2O2. The predicted molar refractivity (Wildman–Crippen MR) is 97.8 cm³/mol. The van der Waals surface area contributed by atoms with Crippen LogP contribution in [0, 0.1) is 11.3 Å². The highest BCUT2D eigenvalue weighted by molar-refractivity contribution is 6.31. The highest BCUT2D eigenvalue weighted by Crippen LogP contribution is 2.47. The van der Waals surface area contributed by atoms with E-state index in [-0.39, 0.29) is 5.91 Å². The molecule has 4 nitrogen and oxygen atoms in total. The first kappa shape index (κ1) is 17.6. The van der Waals surface area contributed by atoms with Gasteiger partial charge >= 0.3 is 0 Å². The molecule has 3 rings (SSSR count). The number of likely N-dealkylation sites (tertiary alicyclic amines) is 1. The van der Waals surface area contributed by atoms with Gasteiger partial charge in [-0.1, -0.05) is 24.9 Å². The van der Waals surface area contributed by atoms with Crippen molar-refractivity contribution < 1.29 is 9.53 Å². The summed E-state index contributed by atoms with van der Waals surface area (Å²) in [6.07, 6.45) is 5.87. The molecule has 0 bridgehead atoms. The Hall–Kier alpha value is -1.26. The van der Waals surface area contributed by atoms with Crippen molar-refractivity contribution in [2.45, 2.75) is 39.0 Å². The van der Waals surface area contributed by atoms with E-state index < -0.39 is 0 Å². The van der Waals surface area contributed by atoms with Crippen LogP contribution in [-0.4, -0.2) is 37.6 Å². The number of benzene rings is 1. The van der Waals surface area contributed by atoms with Crippen molar-refractivity contribution >= 4 is 23.2 Å². The highest BCUT2D eigenvalue weighted by atomic mass is 35.5. The van der Waals surface area contributed by atoms with Crippen LogP contribution in [0.1, 0.15) is 39.0 Å². The van der Waals surface area contributed by atoms with Crippen molar-refractivity contribution in [3.05, 3.63) is 23.2 Å². The summed E-state index contributed by atoms with van der Waals surface area (Å²) in [6.45, 7) is 5.47. The van der Waals surface area contributed by atoms with E-state index in [1.165, 1.54) is 25.7 Å². The van der Waals surface area contributed by atoms with Crippen molar-refractivity contribution in [3.8, 4) is 5.75 Å². The Labute approximate surface area is 149 Å². The molecule has 24 heavy (non-hydrogen) atoms. The summed E-state index contributed by atoms with van der Waals surface area (Å²) < 4.78 is 5.27. The Morgan fingerprint density at radius 3 is 3.00 bits per heavy atom. The lowest BCUT2D eigenvalue weighted by molar-refractivity contribution is -0.116. The van der Waals surface area contributed by atoms with Crippen LogP contribution in [0.15, 0.2) is 18.2 Å². The fourth-order valence-corrected chi connectivity index (χ4v) is 4.51. The third-order valence-electron chi connectivity index (χ3n) is 5.56. The van der Waals surface area contributed by atoms with E-state index >= 15 is 0 Å². The number of halogens is 1. The molecule has 0 unspecified atom stereocenters. The van der Waals surface area contributed by atoms with Gasteiger partial charge in [0.15, 0.2) is 0 Å². The van der Waals surface area contributed by atoms with Crippen LogP contribution in [0.5, 0.6) is 5.75 Å². The number of carbonyl (C=O) groups is 1. The standard InChI is InChI=1S/C19H27ClN2O2/c1-14-5-7-19(12-14)8-10-22(13-19)9-6-18(23)21-16-11-15(20)3-4-17(16)24-2/h3-4,11,14H,5-10,12-13H2,1-2H3,(H,21,23)/t14-,19-/m0/s1. The summed E-state index contributed by atoms with van der Waals surface area (Å²) in [5, 5.41) is 3.51. The fourth-order valence-electron chi connectivity index (χ4n) is 4.34. The van der Waals surface area contributed by atoms with Gasteiger partial charge in [0.2, 0.25) is 5.91 Å². The molecule has 1 amide bonds. The SMILES string of the molecule is COc1ccc(Cl)cc1NC(=O)CCN1CC[C@]2(CC[C@H](C)C2)C1. The number of anilines is 1. The summed E-state index contributed by atoms with van der Waals surface area (Å²) in [4.78, 5) is 14.7. The summed E-state index contributed by atoms with van der Waals surface area (Å²) in [6, 6.07) is 5.24. The predicted octanol–water partition coefficient (Wildman–Crippen LogP) is 4.19. The molecule has 0 aromatic heterocycles. The van der Waals surface area contributed by atoms with E-state index in [0.29, 0.717) is 28.3 Å². The molecule has 132 valence electrons. The van der Waals surface area contributed by atoms with E-state index in [1.807, 2.05) is 0 Å². The minimum absolute atomic E-state index is 0.0105. The van der Waals surface area contributed by atoms with E-state index in [1.54, 1.807) is 25.3 Å². The van der Waals surface area contributed by atoms with Crippen molar-refractivity contribution in [2.75, 3.05) is 32.1 Å². The van der Waals surface area contributed by atoms with Gasteiger partial charge in [0.05, 0.1) is 12.8 Å². The van der Waals surface area contributed by atoms with E-state index in [0.717, 1.165) is 25.6 Å². The van der Waals surface area contributed by atoms with Crippen LogP contribution < -0.4 is 10.1 Å². The van der Waals surface area contributed by atoms with Gasteiger partial charge in [0.25, 0.3) is 0 Å². The summed E-state index contributed by atoms with van der Waals surface area (Å²) in [5.74, 6) is 1.51. The second kappa shape index (κ2) is 7.32. The number of rotatable bonds is 5. The molecule has 2 aliphatic rings. The van der Waals surface area contributed by atoms with Crippen molar-refractivity contribution in [1.29, 1.82) is 0 Å². The Morgan fingerprint density at radius 1 is 1.46 bits per heavy atom. The van der Waals surface area contributed by atoms with Gasteiger partial charge < -0.3 is 15.0 Å². The van der Waals surface area contributed by atoms with Gasteiger partial charge in [0, 0.05) is 24.5 Å². The molecule has 1 aliphatic carbocycles. The van der Waals surface area contributed by atoms with Crippen LogP contribution in [-0.2, 0) is 4.79 Å². The Balaban J connectivity index is 1.49. The third-order valence-corrected chi connectivity index (χ3v) is 5.79. The van der Waals surface area contributed by atoms with Crippen LogP contribution >= 0.6 is 11.6 Å². The number of methoxy groups -OCH3 is 1. The van der Waals surface area contributed by atoms with Crippen LogP contribution in [0.2, 0.25) is 5.02 Å². The summed E-state index contributed by atoms with van der Waals surface area (Å²) in [7, 11) is 1.59. The first-order valence-electron chi connectivity index (χ1n) is 8.85. The lowest BCUT2D eigenvalue weighted by Gasteiger charge is -2.24. The van der Waals surface area contributed by atoms with Gasteiger partial charge in [-0.3, -0.25) is 4.79 Å². The summed E-state index contributed by atoms with van der Waals surface area (Å²) >= 11 is 6.00. The first-order valence-corrected chi connectivity index (χ1v) is 9.23. The lowest BCUT2D eigenvalue weighted by Crippen LogP contribution is -2.28.